The van der Waals surface area contributed by atoms with E-state index in [0.29, 0.717) is 0 Å². The Morgan fingerprint density at radius 2 is 2.00 bits per heavy atom. The molecule has 0 bridgehead atoms. The first-order valence-corrected chi connectivity index (χ1v) is 7.62. The largest absolute Gasteiger partial charge is 0.345 e. The van der Waals surface area contributed by atoms with Crippen LogP contribution in [0.3, 0.4) is 0 Å². The average molecular weight is 287 g/mol. The number of nitrogens with zero attached hydrogens (tertiary/aromatic N) is 1. The fraction of sp³-hybridized carbons (Fsp3) is 0.500. The summed E-state index contributed by atoms with van der Waals surface area (Å²) in [5, 5.41) is 6.01. The average Bonchev–Trinajstić information content (AvgIpc) is 3.06. The Balaban J connectivity index is 1.60. The quantitative estimate of drug-likeness (QED) is 0.856. The van der Waals surface area contributed by atoms with Crippen molar-refractivity contribution in [2.24, 2.45) is 0 Å². The summed E-state index contributed by atoms with van der Waals surface area (Å²) in [6, 6.07) is 7.64. The van der Waals surface area contributed by atoms with E-state index in [0.717, 1.165) is 44.5 Å². The van der Waals surface area contributed by atoms with E-state index in [1.54, 1.807) is 0 Å². The van der Waals surface area contributed by atoms with Gasteiger partial charge < -0.3 is 15.5 Å². The lowest BCUT2D eigenvalue weighted by molar-refractivity contribution is -0.132. The van der Waals surface area contributed by atoms with Crippen molar-refractivity contribution in [3.8, 4) is 0 Å². The third-order valence-electron chi connectivity index (χ3n) is 4.24. The topological polar surface area (TPSA) is 61.4 Å². The molecule has 1 aromatic rings. The van der Waals surface area contributed by atoms with Crippen molar-refractivity contribution < 1.29 is 9.59 Å². The summed E-state index contributed by atoms with van der Waals surface area (Å²) in [5.41, 5.74) is 2.23. The first-order valence-electron chi connectivity index (χ1n) is 7.62. The highest BCUT2D eigenvalue weighted by atomic mass is 16.2. The minimum Gasteiger partial charge on any atom is -0.345 e. The van der Waals surface area contributed by atoms with E-state index in [1.807, 2.05) is 23.1 Å². The molecule has 21 heavy (non-hydrogen) atoms. The Morgan fingerprint density at radius 1 is 1.24 bits per heavy atom. The molecule has 1 unspecified atom stereocenters. The normalized spacial score (nSPS) is 21.0. The lowest BCUT2D eigenvalue weighted by Gasteiger charge is -2.26. The van der Waals surface area contributed by atoms with Gasteiger partial charge in [-0.25, -0.2) is 0 Å². The van der Waals surface area contributed by atoms with Crippen LogP contribution in [0.1, 0.15) is 30.0 Å². The summed E-state index contributed by atoms with van der Waals surface area (Å²) in [6.07, 6.45) is 3.07. The molecular weight excluding hydrogens is 266 g/mol. The second-order valence-corrected chi connectivity index (χ2v) is 5.64. The molecule has 5 heteroatoms. The standard InChI is InChI=1S/C16H21N3O2/c20-14(19-9-3-4-10-19)11-18-16(21)15-13-6-2-1-5-12(13)7-8-17-15/h1-2,5-6,15,17H,3-4,7-11H2,(H,18,21). The maximum Gasteiger partial charge on any atom is 0.242 e. The van der Waals surface area contributed by atoms with Crippen LogP contribution >= 0.6 is 0 Å². The van der Waals surface area contributed by atoms with Gasteiger partial charge in [0.15, 0.2) is 0 Å². The Labute approximate surface area is 124 Å². The van der Waals surface area contributed by atoms with Crippen molar-refractivity contribution in [2.75, 3.05) is 26.2 Å². The summed E-state index contributed by atoms with van der Waals surface area (Å²) in [4.78, 5) is 26.1. The molecule has 0 aliphatic carbocycles. The van der Waals surface area contributed by atoms with Crippen molar-refractivity contribution in [1.82, 2.24) is 15.5 Å². The fourth-order valence-corrected chi connectivity index (χ4v) is 3.08. The summed E-state index contributed by atoms with van der Waals surface area (Å²) in [6.45, 7) is 2.52. The highest BCUT2D eigenvalue weighted by molar-refractivity contribution is 5.88. The number of amides is 2. The molecule has 2 amide bonds. The zero-order valence-electron chi connectivity index (χ0n) is 12.1. The van der Waals surface area contributed by atoms with Crippen LogP contribution in [0.15, 0.2) is 24.3 Å². The number of hydrogen-bond acceptors (Lipinski definition) is 3. The molecule has 1 aromatic carbocycles. The Hall–Kier alpha value is -1.88. The van der Waals surface area contributed by atoms with Gasteiger partial charge in [-0.3, -0.25) is 9.59 Å². The molecular formula is C16H21N3O2. The van der Waals surface area contributed by atoms with Crippen LogP contribution in [0.4, 0.5) is 0 Å². The molecule has 5 nitrogen and oxygen atoms in total. The number of rotatable bonds is 3. The van der Waals surface area contributed by atoms with E-state index in [1.165, 1.54) is 5.56 Å². The SMILES string of the molecule is O=C(NCC(=O)N1CCCC1)C1NCCc2ccccc21. The Bertz CT molecular complexity index is 538. The molecule has 1 saturated heterocycles. The van der Waals surface area contributed by atoms with Crippen molar-refractivity contribution in [3.63, 3.8) is 0 Å². The molecule has 0 spiro atoms. The van der Waals surface area contributed by atoms with Crippen molar-refractivity contribution in [2.45, 2.75) is 25.3 Å². The Kier molecular flexibility index (Phi) is 4.20. The van der Waals surface area contributed by atoms with Crippen molar-refractivity contribution >= 4 is 11.8 Å². The summed E-state index contributed by atoms with van der Waals surface area (Å²) in [5.74, 6) is -0.0976. The van der Waals surface area contributed by atoms with Gasteiger partial charge in [-0.15, -0.1) is 0 Å². The number of nitrogens with one attached hydrogen (secondary N) is 2. The van der Waals surface area contributed by atoms with Crippen LogP contribution in [-0.2, 0) is 16.0 Å². The zero-order valence-corrected chi connectivity index (χ0v) is 12.1. The first kappa shape index (κ1) is 14.1. The third kappa shape index (κ3) is 3.08. The molecule has 0 radical (unpaired) electrons. The number of benzene rings is 1. The van der Waals surface area contributed by atoms with Gasteiger partial charge in [0, 0.05) is 19.6 Å². The van der Waals surface area contributed by atoms with E-state index in [2.05, 4.69) is 16.7 Å². The summed E-state index contributed by atoms with van der Waals surface area (Å²) < 4.78 is 0. The lowest BCUT2D eigenvalue weighted by atomic mass is 9.94. The predicted molar refractivity (Wildman–Crippen MR) is 79.7 cm³/mol. The van der Waals surface area contributed by atoms with E-state index in [4.69, 9.17) is 0 Å². The van der Waals surface area contributed by atoms with E-state index >= 15 is 0 Å². The lowest BCUT2D eigenvalue weighted by Crippen LogP contribution is -2.45. The molecule has 3 rings (SSSR count). The smallest absolute Gasteiger partial charge is 0.242 e. The van der Waals surface area contributed by atoms with E-state index in [9.17, 15) is 9.59 Å². The molecule has 1 fully saturated rings. The molecule has 1 atom stereocenters. The summed E-state index contributed by atoms with van der Waals surface area (Å²) in [7, 11) is 0. The molecule has 2 aliphatic heterocycles. The van der Waals surface area contributed by atoms with Crippen molar-refractivity contribution in [1.29, 1.82) is 0 Å². The van der Waals surface area contributed by atoms with Gasteiger partial charge in [-0.2, -0.15) is 0 Å². The second-order valence-electron chi connectivity index (χ2n) is 5.64. The number of fused-ring (bicyclic) bond motifs is 1. The van der Waals surface area contributed by atoms with Gasteiger partial charge in [0.25, 0.3) is 0 Å². The predicted octanol–water partition coefficient (Wildman–Crippen LogP) is 0.612. The summed E-state index contributed by atoms with van der Waals surface area (Å²) >= 11 is 0. The third-order valence-corrected chi connectivity index (χ3v) is 4.24. The van der Waals surface area contributed by atoms with Crippen LogP contribution in [0.5, 0.6) is 0 Å². The van der Waals surface area contributed by atoms with Gasteiger partial charge in [0.1, 0.15) is 6.04 Å². The molecule has 112 valence electrons. The minimum atomic E-state index is -0.346. The molecule has 2 N–H and O–H groups in total. The molecule has 0 saturated carbocycles. The maximum absolute atomic E-state index is 12.3. The fourth-order valence-electron chi connectivity index (χ4n) is 3.08. The van der Waals surface area contributed by atoms with Crippen LogP contribution in [0.2, 0.25) is 0 Å². The van der Waals surface area contributed by atoms with Gasteiger partial charge in [0.05, 0.1) is 6.54 Å². The zero-order chi connectivity index (χ0) is 14.7. The van der Waals surface area contributed by atoms with Crippen LogP contribution in [-0.4, -0.2) is 42.9 Å². The van der Waals surface area contributed by atoms with E-state index < -0.39 is 0 Å². The second kappa shape index (κ2) is 6.26. The van der Waals surface area contributed by atoms with E-state index in [-0.39, 0.29) is 24.4 Å². The molecule has 2 heterocycles. The number of hydrogen-bond donors (Lipinski definition) is 2. The van der Waals surface area contributed by atoms with Gasteiger partial charge in [-0.05, 0) is 30.4 Å². The van der Waals surface area contributed by atoms with Gasteiger partial charge in [0.2, 0.25) is 11.8 Å². The van der Waals surface area contributed by atoms with Gasteiger partial charge >= 0.3 is 0 Å². The highest BCUT2D eigenvalue weighted by Gasteiger charge is 2.26. The van der Waals surface area contributed by atoms with Crippen LogP contribution in [0.25, 0.3) is 0 Å². The Morgan fingerprint density at radius 3 is 2.81 bits per heavy atom. The molecule has 2 aliphatic rings. The number of likely N-dealkylation sites (tertiary alicyclic amines) is 1. The van der Waals surface area contributed by atoms with Crippen LogP contribution < -0.4 is 10.6 Å². The number of carbonyl (C=O) groups is 2. The van der Waals surface area contributed by atoms with Gasteiger partial charge in [-0.1, -0.05) is 24.3 Å². The van der Waals surface area contributed by atoms with Crippen LogP contribution in [0, 0.1) is 0 Å². The maximum atomic E-state index is 12.3. The number of carbonyl (C=O) groups excluding carboxylic acids is 2. The van der Waals surface area contributed by atoms with Crippen molar-refractivity contribution in [3.05, 3.63) is 35.4 Å². The molecule has 0 aromatic heterocycles. The highest BCUT2D eigenvalue weighted by Crippen LogP contribution is 2.22. The monoisotopic (exact) mass is 287 g/mol. The first-order chi connectivity index (χ1) is 10.3. The minimum absolute atomic E-state index is 0.0185.